The summed E-state index contributed by atoms with van der Waals surface area (Å²) in [6, 6.07) is 0. The fourth-order valence-corrected chi connectivity index (χ4v) is 0.524. The van der Waals surface area contributed by atoms with Gasteiger partial charge in [0, 0.05) is 7.05 Å². The van der Waals surface area contributed by atoms with E-state index in [-0.39, 0.29) is 11.7 Å². The molecule has 0 aromatic heterocycles. The van der Waals surface area contributed by atoms with Crippen molar-refractivity contribution < 1.29 is 24.3 Å². The van der Waals surface area contributed by atoms with E-state index in [1.807, 2.05) is 0 Å². The van der Waals surface area contributed by atoms with Crippen LogP contribution in [0.1, 0.15) is 6.92 Å². The molecule has 13 heavy (non-hydrogen) atoms. The van der Waals surface area contributed by atoms with Gasteiger partial charge in [-0.15, -0.1) is 0 Å². The summed E-state index contributed by atoms with van der Waals surface area (Å²) in [5, 5.41) is 8.74. The van der Waals surface area contributed by atoms with Gasteiger partial charge in [-0.3, -0.25) is 10.0 Å². The first-order chi connectivity index (χ1) is 6.04. The summed E-state index contributed by atoms with van der Waals surface area (Å²) in [4.78, 5) is 24.1. The first-order valence-electron chi connectivity index (χ1n) is 3.40. The zero-order valence-electron chi connectivity index (χ0n) is 7.22. The second-order valence-corrected chi connectivity index (χ2v) is 2.00. The molecule has 0 aromatic rings. The minimum atomic E-state index is -1.14. The van der Waals surface area contributed by atoms with Crippen molar-refractivity contribution >= 4 is 17.6 Å². The van der Waals surface area contributed by atoms with Crippen molar-refractivity contribution in [2.45, 2.75) is 6.92 Å². The van der Waals surface area contributed by atoms with Crippen LogP contribution in [0, 0.1) is 0 Å². The molecule has 0 saturated heterocycles. The summed E-state index contributed by atoms with van der Waals surface area (Å²) in [6.45, 7) is 1.57. The largest absolute Gasteiger partial charge is 0.465 e. The highest BCUT2D eigenvalue weighted by molar-refractivity contribution is 6.61. The molecule has 0 unspecified atom stereocenters. The van der Waals surface area contributed by atoms with Crippen LogP contribution in [0.2, 0.25) is 0 Å². The number of carbonyl (C=O) groups is 2. The minimum Gasteiger partial charge on any atom is -0.457 e. The molecule has 0 aliphatic rings. The van der Waals surface area contributed by atoms with E-state index >= 15 is 0 Å². The minimum absolute atomic E-state index is 0.0419. The van der Waals surface area contributed by atoms with Gasteiger partial charge < -0.3 is 10.3 Å². The predicted molar refractivity (Wildman–Crippen MR) is 39.8 cm³/mol. The Morgan fingerprint density at radius 3 is 2.46 bits per heavy atom. The van der Waals surface area contributed by atoms with Gasteiger partial charge in [0.25, 0.3) is 0 Å². The van der Waals surface area contributed by atoms with Crippen LogP contribution in [-0.4, -0.2) is 46.3 Å². The Kier molecular flexibility index (Phi) is 4.36. The van der Waals surface area contributed by atoms with Gasteiger partial charge in [0.1, 0.15) is 0 Å². The smallest absolute Gasteiger partial charge is 0.457 e. The second kappa shape index (κ2) is 5.02. The highest BCUT2D eigenvalue weighted by Crippen LogP contribution is 1.86. The topological polar surface area (TPSA) is 103 Å². The van der Waals surface area contributed by atoms with Crippen molar-refractivity contribution in [1.29, 1.82) is 0 Å². The van der Waals surface area contributed by atoms with Crippen molar-refractivity contribution in [3.05, 3.63) is 5.53 Å². The summed E-state index contributed by atoms with van der Waals surface area (Å²) in [7, 11) is 0.993. The van der Waals surface area contributed by atoms with Crippen molar-refractivity contribution in [3.63, 3.8) is 0 Å². The molecular weight excluding hydrogens is 178 g/mol. The van der Waals surface area contributed by atoms with Crippen LogP contribution in [0.4, 0.5) is 0 Å². The number of rotatable bonds is 3. The molecule has 0 heterocycles. The number of esters is 1. The quantitative estimate of drug-likeness (QED) is 0.117. The molecule has 1 N–H and O–H groups in total. The highest BCUT2D eigenvalue weighted by atomic mass is 16.5. The van der Waals surface area contributed by atoms with E-state index in [0.717, 1.165) is 7.05 Å². The lowest BCUT2D eigenvalue weighted by Crippen LogP contribution is -2.37. The molecule has 0 aromatic carbocycles. The molecule has 0 fully saturated rings. The van der Waals surface area contributed by atoms with Crippen molar-refractivity contribution in [3.8, 4) is 0 Å². The molecule has 0 aliphatic carbocycles. The van der Waals surface area contributed by atoms with E-state index in [4.69, 9.17) is 10.7 Å². The molecule has 7 heteroatoms. The van der Waals surface area contributed by atoms with Gasteiger partial charge in [-0.25, -0.2) is 9.86 Å². The Morgan fingerprint density at radius 2 is 2.15 bits per heavy atom. The zero-order chi connectivity index (χ0) is 10.4. The van der Waals surface area contributed by atoms with Crippen LogP contribution in [0.25, 0.3) is 5.53 Å². The van der Waals surface area contributed by atoms with E-state index in [2.05, 4.69) is 9.53 Å². The van der Waals surface area contributed by atoms with Gasteiger partial charge >= 0.3 is 17.6 Å². The van der Waals surface area contributed by atoms with E-state index in [9.17, 15) is 9.59 Å². The van der Waals surface area contributed by atoms with Crippen LogP contribution in [0.15, 0.2) is 0 Å². The Hall–Kier alpha value is -1.72. The Morgan fingerprint density at radius 1 is 1.62 bits per heavy atom. The highest BCUT2D eigenvalue weighted by Gasteiger charge is 2.33. The lowest BCUT2D eigenvalue weighted by atomic mass is 10.3. The van der Waals surface area contributed by atoms with Crippen LogP contribution in [0.3, 0.4) is 0 Å². The molecule has 0 spiro atoms. The number of hydroxylamine groups is 2. The third kappa shape index (κ3) is 3.02. The standard InChI is InChI=1S/C6H9N3O4/c1-3-13-6(11)4(8-7)5(10)9(2)12/h12H,3H2,1-2H3. The Bertz CT molecular complexity index is 267. The molecule has 7 nitrogen and oxygen atoms in total. The number of hydrogen-bond acceptors (Lipinski definition) is 4. The number of hydrogen-bond donors (Lipinski definition) is 1. The van der Waals surface area contributed by atoms with Gasteiger partial charge in [0.05, 0.1) is 6.61 Å². The normalized spacial score (nSPS) is 8.54. The van der Waals surface area contributed by atoms with Crippen LogP contribution in [0.5, 0.6) is 0 Å². The summed E-state index contributed by atoms with van der Waals surface area (Å²) in [6.07, 6.45) is 0. The first-order valence-corrected chi connectivity index (χ1v) is 3.40. The molecule has 0 saturated carbocycles. The molecule has 0 atom stereocenters. The molecule has 72 valence electrons. The van der Waals surface area contributed by atoms with Crippen LogP contribution >= 0.6 is 0 Å². The van der Waals surface area contributed by atoms with Gasteiger partial charge in [-0.1, -0.05) is 0 Å². The van der Waals surface area contributed by atoms with Crippen LogP contribution < -0.4 is 0 Å². The third-order valence-corrected chi connectivity index (χ3v) is 1.07. The lowest BCUT2D eigenvalue weighted by Gasteiger charge is -2.03. The third-order valence-electron chi connectivity index (χ3n) is 1.07. The summed E-state index contributed by atoms with van der Waals surface area (Å²) >= 11 is 0. The average Bonchev–Trinajstić information content (AvgIpc) is 2.05. The molecule has 0 radical (unpaired) electrons. The molecule has 0 rings (SSSR count). The van der Waals surface area contributed by atoms with Gasteiger partial charge in [0.15, 0.2) is 0 Å². The van der Waals surface area contributed by atoms with E-state index in [1.54, 1.807) is 0 Å². The van der Waals surface area contributed by atoms with E-state index < -0.39 is 17.6 Å². The maximum absolute atomic E-state index is 10.9. The van der Waals surface area contributed by atoms with Gasteiger partial charge in [-0.05, 0) is 6.92 Å². The molecule has 1 amide bonds. The Balaban J connectivity index is 4.64. The predicted octanol–water partition coefficient (Wildman–Crippen LogP) is -0.932. The molecule has 0 aliphatic heterocycles. The summed E-state index contributed by atoms with van der Waals surface area (Å²) < 4.78 is 4.38. The lowest BCUT2D eigenvalue weighted by molar-refractivity contribution is -0.159. The number of ether oxygens (including phenoxy) is 1. The average molecular weight is 187 g/mol. The van der Waals surface area contributed by atoms with E-state index in [1.165, 1.54) is 6.92 Å². The van der Waals surface area contributed by atoms with Gasteiger partial charge in [-0.2, -0.15) is 4.79 Å². The molecular formula is C6H9N3O4. The summed E-state index contributed by atoms with van der Waals surface area (Å²) in [5.74, 6) is -2.23. The number of carbonyl (C=O) groups excluding carboxylic acids is 2. The fraction of sp³-hybridized carbons (Fsp3) is 0.500. The monoisotopic (exact) mass is 187 g/mol. The Labute approximate surface area is 74.1 Å². The van der Waals surface area contributed by atoms with Crippen molar-refractivity contribution in [2.24, 2.45) is 0 Å². The zero-order valence-corrected chi connectivity index (χ0v) is 7.22. The first kappa shape index (κ1) is 11.3. The van der Waals surface area contributed by atoms with Gasteiger partial charge in [0.2, 0.25) is 0 Å². The number of amides is 1. The van der Waals surface area contributed by atoms with Crippen molar-refractivity contribution in [1.82, 2.24) is 5.06 Å². The fourth-order valence-electron chi connectivity index (χ4n) is 0.524. The van der Waals surface area contributed by atoms with Crippen LogP contribution in [-0.2, 0) is 14.3 Å². The maximum atomic E-state index is 10.9. The maximum Gasteiger partial charge on any atom is 0.465 e. The van der Waals surface area contributed by atoms with E-state index in [0.29, 0.717) is 0 Å². The SMILES string of the molecule is CCOC(=O)C(=[N+]=[N-])C(=O)N(C)O. The second-order valence-electron chi connectivity index (χ2n) is 2.00. The number of nitrogens with zero attached hydrogens (tertiary/aromatic N) is 3. The summed E-state index contributed by atoms with van der Waals surface area (Å²) in [5.41, 5.74) is 7.40. The molecule has 0 bridgehead atoms. The van der Waals surface area contributed by atoms with Crippen molar-refractivity contribution in [2.75, 3.05) is 13.7 Å².